The van der Waals surface area contributed by atoms with Crippen LogP contribution in [0, 0.1) is 5.92 Å². The Bertz CT molecular complexity index is 1820. The molecule has 0 saturated heterocycles. The molecule has 3 heterocycles. The summed E-state index contributed by atoms with van der Waals surface area (Å²) in [4.78, 5) is 32.1. The summed E-state index contributed by atoms with van der Waals surface area (Å²) in [6.45, 7) is 2.00. The number of hydrogen-bond acceptors (Lipinski definition) is 8. The molecular formula is C30H25ClN2O6S. The lowest BCUT2D eigenvalue weighted by Gasteiger charge is -2.44. The number of esters is 1. The molecule has 4 aromatic rings. The van der Waals surface area contributed by atoms with Gasteiger partial charge >= 0.3 is 5.97 Å². The van der Waals surface area contributed by atoms with Gasteiger partial charge in [-0.05, 0) is 55.0 Å². The van der Waals surface area contributed by atoms with Gasteiger partial charge in [0.15, 0.2) is 4.80 Å². The zero-order valence-corrected chi connectivity index (χ0v) is 23.5. The lowest BCUT2D eigenvalue weighted by molar-refractivity contribution is -0.158. The molecule has 2 aliphatic rings. The second-order valence-electron chi connectivity index (χ2n) is 9.64. The van der Waals surface area contributed by atoms with Crippen LogP contribution in [0.4, 0.5) is 0 Å². The molecule has 6 rings (SSSR count). The van der Waals surface area contributed by atoms with Crippen LogP contribution in [0.25, 0.3) is 6.08 Å². The second kappa shape index (κ2) is 10.1. The van der Waals surface area contributed by atoms with Crippen molar-refractivity contribution in [2.75, 3.05) is 14.2 Å². The van der Waals surface area contributed by atoms with Crippen molar-refractivity contribution in [3.8, 4) is 17.2 Å². The minimum atomic E-state index is -1.22. The Balaban J connectivity index is 1.44. The molecule has 0 spiro atoms. The summed E-state index contributed by atoms with van der Waals surface area (Å²) in [6, 6.07) is 19.6. The minimum Gasteiger partial charge on any atom is -0.496 e. The van der Waals surface area contributed by atoms with Gasteiger partial charge in [0.1, 0.15) is 29.8 Å². The molecule has 40 heavy (non-hydrogen) atoms. The fourth-order valence-electron chi connectivity index (χ4n) is 5.30. The van der Waals surface area contributed by atoms with E-state index in [9.17, 15) is 9.59 Å². The Morgan fingerprint density at radius 1 is 1.15 bits per heavy atom. The minimum absolute atomic E-state index is 0.242. The fourth-order valence-corrected chi connectivity index (χ4v) is 6.58. The summed E-state index contributed by atoms with van der Waals surface area (Å²) in [5.74, 6) is 0.577. The molecule has 3 aromatic carbocycles. The number of hydrogen-bond donors (Lipinski definition) is 0. The Labute approximate surface area is 238 Å². The lowest BCUT2D eigenvalue weighted by Crippen LogP contribution is -2.58. The fraction of sp³-hybridized carbons (Fsp3) is 0.233. The molecule has 0 saturated carbocycles. The molecule has 8 nitrogen and oxygen atoms in total. The average Bonchev–Trinajstić information content (AvgIpc) is 3.24. The van der Waals surface area contributed by atoms with E-state index in [1.54, 1.807) is 30.7 Å². The van der Waals surface area contributed by atoms with Gasteiger partial charge in [-0.3, -0.25) is 14.2 Å². The van der Waals surface area contributed by atoms with Crippen LogP contribution in [-0.4, -0.2) is 30.5 Å². The standard InChI is InChI=1S/C30H25ClN2O6S/c1-30-25(28(35)37-3)26(21-9-4-5-10-23(21)39-30)33-27(34)24(40-29(33)32-30)14-17-11-12-22(36-2)18(13-17)16-38-20-8-6-7-19(31)15-20/h4-15,25-26H,16H2,1-3H3/b24-14+/t25-,26-,30+/m1/s1. The van der Waals surface area contributed by atoms with E-state index in [0.29, 0.717) is 31.6 Å². The predicted octanol–water partition coefficient (Wildman–Crippen LogP) is 4.10. The third kappa shape index (κ3) is 4.45. The van der Waals surface area contributed by atoms with Crippen molar-refractivity contribution < 1.29 is 23.7 Å². The van der Waals surface area contributed by atoms with E-state index in [4.69, 9.17) is 35.5 Å². The maximum atomic E-state index is 13.9. The lowest BCUT2D eigenvalue weighted by atomic mass is 9.81. The van der Waals surface area contributed by atoms with Gasteiger partial charge in [-0.15, -0.1) is 0 Å². The van der Waals surface area contributed by atoms with Crippen LogP contribution in [0.1, 0.15) is 29.7 Å². The maximum absolute atomic E-state index is 13.9. The Kier molecular flexibility index (Phi) is 6.64. The number of ether oxygens (including phenoxy) is 4. The number of benzene rings is 3. The summed E-state index contributed by atoms with van der Waals surface area (Å²) in [6.07, 6.45) is 1.81. The smallest absolute Gasteiger partial charge is 0.317 e. The third-order valence-electron chi connectivity index (χ3n) is 7.13. The number of halogens is 1. The molecule has 0 unspecified atom stereocenters. The van der Waals surface area contributed by atoms with E-state index in [1.807, 2.05) is 60.7 Å². The molecule has 204 valence electrons. The summed E-state index contributed by atoms with van der Waals surface area (Å²) >= 11 is 7.34. The Hall–Kier alpha value is -4.08. The molecule has 0 aliphatic carbocycles. The molecule has 2 aliphatic heterocycles. The normalized spacial score (nSPS) is 20.9. The second-order valence-corrected chi connectivity index (χ2v) is 11.1. The van der Waals surface area contributed by atoms with Gasteiger partial charge in [0.2, 0.25) is 5.72 Å². The van der Waals surface area contributed by atoms with Crippen molar-refractivity contribution in [3.05, 3.63) is 108 Å². The largest absolute Gasteiger partial charge is 0.496 e. The zero-order chi connectivity index (χ0) is 28.0. The number of carbonyl (C=O) groups excluding carboxylic acids is 1. The summed E-state index contributed by atoms with van der Waals surface area (Å²) in [5, 5.41) is 0.583. The van der Waals surface area contributed by atoms with Crippen molar-refractivity contribution in [2.45, 2.75) is 25.3 Å². The first-order valence-electron chi connectivity index (χ1n) is 12.6. The maximum Gasteiger partial charge on any atom is 0.317 e. The van der Waals surface area contributed by atoms with Crippen molar-refractivity contribution >= 4 is 35.0 Å². The molecule has 0 amide bonds. The first kappa shape index (κ1) is 26.2. The van der Waals surface area contributed by atoms with E-state index in [2.05, 4.69) is 0 Å². The highest BCUT2D eigenvalue weighted by Crippen LogP contribution is 2.47. The highest BCUT2D eigenvalue weighted by molar-refractivity contribution is 7.07. The first-order valence-corrected chi connectivity index (χ1v) is 13.7. The van der Waals surface area contributed by atoms with Gasteiger partial charge in [0.25, 0.3) is 5.56 Å². The zero-order valence-electron chi connectivity index (χ0n) is 21.9. The van der Waals surface area contributed by atoms with E-state index in [1.165, 1.54) is 18.4 Å². The van der Waals surface area contributed by atoms with Crippen LogP contribution in [0.2, 0.25) is 5.02 Å². The van der Waals surface area contributed by atoms with E-state index in [0.717, 1.165) is 16.7 Å². The van der Waals surface area contributed by atoms with Crippen LogP contribution in [0.3, 0.4) is 0 Å². The van der Waals surface area contributed by atoms with Gasteiger partial charge < -0.3 is 18.9 Å². The number of rotatable bonds is 6. The molecule has 1 aromatic heterocycles. The molecule has 10 heteroatoms. The van der Waals surface area contributed by atoms with Crippen LogP contribution in [0.15, 0.2) is 76.5 Å². The van der Waals surface area contributed by atoms with Crippen LogP contribution in [0.5, 0.6) is 17.2 Å². The average molecular weight is 577 g/mol. The monoisotopic (exact) mass is 576 g/mol. The molecule has 0 radical (unpaired) electrons. The number of carbonyl (C=O) groups is 1. The van der Waals surface area contributed by atoms with Crippen molar-refractivity contribution in [3.63, 3.8) is 0 Å². The van der Waals surface area contributed by atoms with E-state index < -0.39 is 23.7 Å². The Morgan fingerprint density at radius 3 is 2.75 bits per heavy atom. The molecule has 0 N–H and O–H groups in total. The van der Waals surface area contributed by atoms with E-state index >= 15 is 0 Å². The predicted molar refractivity (Wildman–Crippen MR) is 151 cm³/mol. The van der Waals surface area contributed by atoms with Gasteiger partial charge in [-0.1, -0.05) is 53.3 Å². The SMILES string of the molecule is COC(=O)[C@H]1[C@H]2c3ccccc3O[C@]1(C)N=c1s/c(=C/c3ccc(OC)c(COc4cccc(Cl)c4)c3)c(=O)n12. The van der Waals surface area contributed by atoms with Crippen molar-refractivity contribution in [1.29, 1.82) is 0 Å². The molecular weight excluding hydrogens is 552 g/mol. The molecule has 0 fully saturated rings. The number of para-hydroxylation sites is 1. The van der Waals surface area contributed by atoms with Gasteiger partial charge in [0, 0.05) is 16.1 Å². The molecule has 3 atom stereocenters. The van der Waals surface area contributed by atoms with Crippen LogP contribution < -0.4 is 29.1 Å². The number of nitrogens with zero attached hydrogens (tertiary/aromatic N) is 2. The topological polar surface area (TPSA) is 88.4 Å². The highest BCUT2D eigenvalue weighted by atomic mass is 35.5. The Morgan fingerprint density at radius 2 is 1.98 bits per heavy atom. The number of aromatic nitrogens is 1. The summed E-state index contributed by atoms with van der Waals surface area (Å²) in [7, 11) is 2.93. The van der Waals surface area contributed by atoms with Gasteiger partial charge in [-0.25, -0.2) is 4.99 Å². The number of fused-ring (bicyclic) bond motifs is 6. The number of methoxy groups -OCH3 is 2. The quantitative estimate of drug-likeness (QED) is 0.321. The van der Waals surface area contributed by atoms with Crippen LogP contribution in [-0.2, 0) is 16.1 Å². The molecule has 2 bridgehead atoms. The highest BCUT2D eigenvalue weighted by Gasteiger charge is 2.55. The van der Waals surface area contributed by atoms with Gasteiger partial charge in [0.05, 0.1) is 24.8 Å². The van der Waals surface area contributed by atoms with Crippen molar-refractivity contribution in [2.24, 2.45) is 10.9 Å². The summed E-state index contributed by atoms with van der Waals surface area (Å²) in [5.41, 5.74) is 0.874. The first-order chi connectivity index (χ1) is 19.3. The van der Waals surface area contributed by atoms with Crippen molar-refractivity contribution in [1.82, 2.24) is 4.57 Å². The summed E-state index contributed by atoms with van der Waals surface area (Å²) < 4.78 is 24.9. The van der Waals surface area contributed by atoms with Crippen LogP contribution >= 0.6 is 22.9 Å². The van der Waals surface area contributed by atoms with Gasteiger partial charge in [-0.2, -0.15) is 0 Å². The van der Waals surface area contributed by atoms with E-state index in [-0.39, 0.29) is 12.2 Å². The third-order valence-corrected chi connectivity index (χ3v) is 8.35. The number of thiazole rings is 1.